The van der Waals surface area contributed by atoms with E-state index in [0.717, 1.165) is 5.56 Å². The summed E-state index contributed by atoms with van der Waals surface area (Å²) in [5, 5.41) is 18.7. The first-order chi connectivity index (χ1) is 7.60. The van der Waals surface area contributed by atoms with Crippen molar-refractivity contribution < 1.29 is 15.0 Å². The molecule has 1 atom stereocenters. The van der Waals surface area contributed by atoms with Crippen molar-refractivity contribution in [1.82, 2.24) is 4.90 Å². The zero-order valence-corrected chi connectivity index (χ0v) is 8.97. The Morgan fingerprint density at radius 2 is 2.06 bits per heavy atom. The van der Waals surface area contributed by atoms with E-state index >= 15 is 0 Å². The van der Waals surface area contributed by atoms with Crippen LogP contribution in [0.4, 0.5) is 0 Å². The van der Waals surface area contributed by atoms with Gasteiger partial charge in [0.05, 0.1) is 0 Å². The van der Waals surface area contributed by atoms with Crippen LogP contribution in [-0.4, -0.2) is 39.8 Å². The van der Waals surface area contributed by atoms with E-state index < -0.39 is 11.6 Å². The highest BCUT2D eigenvalue weighted by atomic mass is 16.4. The van der Waals surface area contributed by atoms with E-state index in [1.54, 1.807) is 0 Å². The molecule has 1 aromatic rings. The summed E-state index contributed by atoms with van der Waals surface area (Å²) in [7, 11) is 0. The van der Waals surface area contributed by atoms with E-state index in [1.807, 2.05) is 35.2 Å². The van der Waals surface area contributed by atoms with Gasteiger partial charge in [0.1, 0.15) is 0 Å². The van der Waals surface area contributed by atoms with Gasteiger partial charge in [-0.3, -0.25) is 4.90 Å². The molecule has 1 aliphatic heterocycles. The molecule has 2 N–H and O–H groups in total. The smallest absolute Gasteiger partial charge is 0.337 e. The lowest BCUT2D eigenvalue weighted by molar-refractivity contribution is -0.157. The fourth-order valence-electron chi connectivity index (χ4n) is 2.02. The molecule has 1 aromatic carbocycles. The maximum Gasteiger partial charge on any atom is 0.337 e. The summed E-state index contributed by atoms with van der Waals surface area (Å²) >= 11 is 0. The molecule has 0 aromatic heterocycles. The van der Waals surface area contributed by atoms with Gasteiger partial charge in [-0.15, -0.1) is 0 Å². The largest absolute Gasteiger partial charge is 0.479 e. The topological polar surface area (TPSA) is 60.8 Å². The summed E-state index contributed by atoms with van der Waals surface area (Å²) in [6.45, 7) is 1.52. The van der Waals surface area contributed by atoms with Crippen LogP contribution in [0, 0.1) is 0 Å². The summed E-state index contributed by atoms with van der Waals surface area (Å²) < 4.78 is 0. The average molecular weight is 221 g/mol. The van der Waals surface area contributed by atoms with Crippen LogP contribution < -0.4 is 0 Å². The van der Waals surface area contributed by atoms with Crippen molar-refractivity contribution in [2.24, 2.45) is 0 Å². The minimum absolute atomic E-state index is 0.206. The van der Waals surface area contributed by atoms with E-state index in [9.17, 15) is 9.90 Å². The molecule has 1 aliphatic rings. The summed E-state index contributed by atoms with van der Waals surface area (Å²) in [5.41, 5.74) is -0.424. The van der Waals surface area contributed by atoms with Crippen LogP contribution in [0.5, 0.6) is 0 Å². The molecule has 1 fully saturated rings. The molecule has 0 amide bonds. The number of aliphatic carboxylic acids is 1. The van der Waals surface area contributed by atoms with Gasteiger partial charge in [0.25, 0.3) is 0 Å². The first-order valence-corrected chi connectivity index (χ1v) is 5.32. The minimum atomic E-state index is -1.56. The summed E-state index contributed by atoms with van der Waals surface area (Å²) in [6, 6.07) is 9.85. The van der Waals surface area contributed by atoms with Crippen LogP contribution in [0.25, 0.3) is 0 Å². The lowest BCUT2D eigenvalue weighted by Crippen LogP contribution is -2.41. The molecule has 2 rings (SSSR count). The normalized spacial score (nSPS) is 25.8. The molecule has 86 valence electrons. The molecule has 0 spiro atoms. The van der Waals surface area contributed by atoms with E-state index in [0.29, 0.717) is 19.5 Å². The van der Waals surface area contributed by atoms with E-state index in [-0.39, 0.29) is 6.54 Å². The number of likely N-dealkylation sites (tertiary alicyclic amines) is 1. The van der Waals surface area contributed by atoms with Gasteiger partial charge in [-0.05, 0) is 5.56 Å². The molecule has 0 saturated carbocycles. The average Bonchev–Trinajstić information content (AvgIpc) is 2.63. The minimum Gasteiger partial charge on any atom is -0.479 e. The number of carbonyl (C=O) groups is 1. The fraction of sp³-hybridized carbons (Fsp3) is 0.417. The molecule has 0 unspecified atom stereocenters. The van der Waals surface area contributed by atoms with Crippen molar-refractivity contribution >= 4 is 5.97 Å². The number of hydrogen-bond acceptors (Lipinski definition) is 3. The van der Waals surface area contributed by atoms with Gasteiger partial charge in [0, 0.05) is 26.1 Å². The van der Waals surface area contributed by atoms with Crippen LogP contribution in [0.3, 0.4) is 0 Å². The number of carboxylic acid groups (broad SMARTS) is 1. The van der Waals surface area contributed by atoms with Crippen LogP contribution >= 0.6 is 0 Å². The van der Waals surface area contributed by atoms with Gasteiger partial charge in [0.2, 0.25) is 0 Å². The third kappa shape index (κ3) is 2.23. The van der Waals surface area contributed by atoms with E-state index in [1.165, 1.54) is 0 Å². The van der Waals surface area contributed by atoms with Crippen molar-refractivity contribution in [1.29, 1.82) is 0 Å². The Kier molecular flexibility index (Phi) is 2.94. The fourth-order valence-corrected chi connectivity index (χ4v) is 2.02. The molecule has 0 aliphatic carbocycles. The van der Waals surface area contributed by atoms with Gasteiger partial charge >= 0.3 is 5.97 Å². The van der Waals surface area contributed by atoms with Crippen molar-refractivity contribution in [2.75, 3.05) is 13.1 Å². The predicted octanol–water partition coefficient (Wildman–Crippen LogP) is 0.708. The Hall–Kier alpha value is -1.39. The highest BCUT2D eigenvalue weighted by Crippen LogP contribution is 2.22. The second-order valence-electron chi connectivity index (χ2n) is 4.28. The van der Waals surface area contributed by atoms with Gasteiger partial charge in [-0.1, -0.05) is 30.3 Å². The molecule has 1 heterocycles. The molecule has 4 heteroatoms. The number of β-amino-alcohol motifs (C(OH)–C–C–N with tert-alkyl or cyclic N) is 1. The van der Waals surface area contributed by atoms with Gasteiger partial charge in [0.15, 0.2) is 5.60 Å². The van der Waals surface area contributed by atoms with Crippen molar-refractivity contribution in [3.63, 3.8) is 0 Å². The third-order valence-corrected chi connectivity index (χ3v) is 2.97. The second-order valence-corrected chi connectivity index (χ2v) is 4.28. The molecule has 16 heavy (non-hydrogen) atoms. The van der Waals surface area contributed by atoms with Gasteiger partial charge in [-0.25, -0.2) is 4.79 Å². The maximum atomic E-state index is 10.8. The third-order valence-electron chi connectivity index (χ3n) is 2.97. The first-order valence-electron chi connectivity index (χ1n) is 5.32. The lowest BCUT2D eigenvalue weighted by atomic mass is 10.0. The quantitative estimate of drug-likeness (QED) is 0.789. The van der Waals surface area contributed by atoms with Crippen molar-refractivity contribution in [3.05, 3.63) is 35.9 Å². The molecular formula is C12H15NO3. The van der Waals surface area contributed by atoms with Crippen LogP contribution in [0.2, 0.25) is 0 Å². The SMILES string of the molecule is O=C(O)[C@]1(O)CCN(Cc2ccccc2)C1. The second kappa shape index (κ2) is 4.23. The van der Waals surface area contributed by atoms with E-state index in [2.05, 4.69) is 0 Å². The number of aliphatic hydroxyl groups is 1. The zero-order valence-electron chi connectivity index (χ0n) is 8.97. The van der Waals surface area contributed by atoms with E-state index in [4.69, 9.17) is 5.11 Å². The predicted molar refractivity (Wildman–Crippen MR) is 58.9 cm³/mol. The lowest BCUT2D eigenvalue weighted by Gasteiger charge is -2.18. The number of hydrogen-bond donors (Lipinski definition) is 2. The highest BCUT2D eigenvalue weighted by molar-refractivity contribution is 5.77. The number of nitrogens with zero attached hydrogens (tertiary/aromatic N) is 1. The number of rotatable bonds is 3. The summed E-state index contributed by atoms with van der Waals surface area (Å²) in [6.07, 6.45) is 0.301. The molecular weight excluding hydrogens is 206 g/mol. The maximum absolute atomic E-state index is 10.8. The Balaban J connectivity index is 1.98. The Morgan fingerprint density at radius 3 is 2.62 bits per heavy atom. The molecule has 0 bridgehead atoms. The monoisotopic (exact) mass is 221 g/mol. The Labute approximate surface area is 94.1 Å². The molecule has 1 saturated heterocycles. The van der Waals surface area contributed by atoms with Crippen molar-refractivity contribution in [2.45, 2.75) is 18.6 Å². The number of carboxylic acids is 1. The van der Waals surface area contributed by atoms with Crippen LogP contribution in [-0.2, 0) is 11.3 Å². The Bertz CT molecular complexity index is 379. The summed E-state index contributed by atoms with van der Waals surface area (Å²) in [5.74, 6) is -1.12. The van der Waals surface area contributed by atoms with Crippen molar-refractivity contribution in [3.8, 4) is 0 Å². The van der Waals surface area contributed by atoms with Gasteiger partial charge < -0.3 is 10.2 Å². The van der Waals surface area contributed by atoms with Crippen LogP contribution in [0.1, 0.15) is 12.0 Å². The molecule has 0 radical (unpaired) electrons. The first kappa shape index (κ1) is 11.1. The van der Waals surface area contributed by atoms with Crippen LogP contribution in [0.15, 0.2) is 30.3 Å². The molecule has 4 nitrogen and oxygen atoms in total. The number of benzene rings is 1. The highest BCUT2D eigenvalue weighted by Gasteiger charge is 2.42. The standard InChI is InChI=1S/C12H15NO3/c14-11(15)12(16)6-7-13(9-12)8-10-4-2-1-3-5-10/h1-5,16H,6-9H2,(H,14,15)/t12-/m0/s1. The zero-order chi connectivity index (χ0) is 11.6. The summed E-state index contributed by atoms with van der Waals surface area (Å²) in [4.78, 5) is 12.8. The Morgan fingerprint density at radius 1 is 1.38 bits per heavy atom. The van der Waals surface area contributed by atoms with Gasteiger partial charge in [-0.2, -0.15) is 0 Å².